The van der Waals surface area contributed by atoms with Crippen LogP contribution < -0.4 is 10.7 Å². The molecule has 0 unspecified atom stereocenters. The van der Waals surface area contributed by atoms with Crippen LogP contribution >= 0.6 is 12.2 Å². The molecule has 0 rings (SSSR count). The molecule has 3 nitrogen and oxygen atoms in total. The van der Waals surface area contributed by atoms with Crippen LogP contribution in [0.5, 0.6) is 0 Å². The van der Waals surface area contributed by atoms with Gasteiger partial charge < -0.3 is 5.32 Å². The molecule has 0 aromatic carbocycles. The van der Waals surface area contributed by atoms with Gasteiger partial charge in [0, 0.05) is 12.3 Å². The first-order valence-electron chi connectivity index (χ1n) is 3.21. The highest BCUT2D eigenvalue weighted by atomic mass is 32.1. The third-order valence-electron chi connectivity index (χ3n) is 0.718. The highest BCUT2D eigenvalue weighted by Crippen LogP contribution is 1.70. The second kappa shape index (κ2) is 5.17. The summed E-state index contributed by atoms with van der Waals surface area (Å²) in [6, 6.07) is 0. The summed E-state index contributed by atoms with van der Waals surface area (Å²) >= 11 is 4.84. The molecule has 0 aliphatic carbocycles. The van der Waals surface area contributed by atoms with Crippen LogP contribution in [0.1, 0.15) is 20.8 Å². The maximum atomic E-state index is 4.84. The molecule has 0 aliphatic rings. The molecule has 0 saturated heterocycles. The third kappa shape index (κ3) is 5.50. The number of nitrogens with zero attached hydrogens (tertiary/aromatic N) is 1. The van der Waals surface area contributed by atoms with Crippen molar-refractivity contribution >= 4 is 23.0 Å². The number of hydrazone groups is 1. The maximum absolute atomic E-state index is 4.84. The molecular formula is C6H13N3S. The predicted molar refractivity (Wildman–Crippen MR) is 48.2 cm³/mol. The first-order valence-corrected chi connectivity index (χ1v) is 3.62. The number of hydrogen-bond acceptors (Lipinski definition) is 2. The number of rotatable bonds is 2. The van der Waals surface area contributed by atoms with Crippen molar-refractivity contribution < 1.29 is 0 Å². The molecule has 0 fully saturated rings. The molecule has 0 aliphatic heterocycles. The van der Waals surface area contributed by atoms with Crippen LogP contribution in [0.4, 0.5) is 0 Å². The molecule has 4 heteroatoms. The SMILES string of the molecule is CCNC(=S)NN=C(C)C. The van der Waals surface area contributed by atoms with Crippen LogP contribution in [-0.4, -0.2) is 17.4 Å². The van der Waals surface area contributed by atoms with Gasteiger partial charge in [-0.2, -0.15) is 5.10 Å². The zero-order valence-corrected chi connectivity index (χ0v) is 7.38. The average molecular weight is 159 g/mol. The van der Waals surface area contributed by atoms with E-state index >= 15 is 0 Å². The number of hydrogen-bond donors (Lipinski definition) is 2. The fraction of sp³-hybridized carbons (Fsp3) is 0.667. The summed E-state index contributed by atoms with van der Waals surface area (Å²) in [5.74, 6) is 0. The van der Waals surface area contributed by atoms with Gasteiger partial charge in [0.05, 0.1) is 0 Å². The molecule has 10 heavy (non-hydrogen) atoms. The average Bonchev–Trinajstić information content (AvgIpc) is 1.85. The minimum absolute atomic E-state index is 0.573. The topological polar surface area (TPSA) is 36.4 Å². The van der Waals surface area contributed by atoms with Gasteiger partial charge in [-0.3, -0.25) is 5.43 Å². The maximum Gasteiger partial charge on any atom is 0.186 e. The van der Waals surface area contributed by atoms with Crippen molar-refractivity contribution in [3.8, 4) is 0 Å². The summed E-state index contributed by atoms with van der Waals surface area (Å²) in [4.78, 5) is 0. The van der Waals surface area contributed by atoms with E-state index in [2.05, 4.69) is 15.8 Å². The van der Waals surface area contributed by atoms with Gasteiger partial charge in [-0.15, -0.1) is 0 Å². The molecule has 0 aromatic rings. The van der Waals surface area contributed by atoms with Crippen molar-refractivity contribution in [2.24, 2.45) is 5.10 Å². The largest absolute Gasteiger partial charge is 0.362 e. The van der Waals surface area contributed by atoms with E-state index in [1.54, 1.807) is 0 Å². The van der Waals surface area contributed by atoms with Crippen LogP contribution in [0.3, 0.4) is 0 Å². The summed E-state index contributed by atoms with van der Waals surface area (Å²) in [6.45, 7) is 6.61. The van der Waals surface area contributed by atoms with Crippen molar-refractivity contribution in [2.45, 2.75) is 20.8 Å². The van der Waals surface area contributed by atoms with Crippen molar-refractivity contribution in [1.29, 1.82) is 0 Å². The van der Waals surface area contributed by atoms with Gasteiger partial charge in [0.15, 0.2) is 5.11 Å². The molecule has 0 radical (unpaired) electrons. The van der Waals surface area contributed by atoms with Gasteiger partial charge in [-0.1, -0.05) is 0 Å². The molecule has 0 atom stereocenters. The monoisotopic (exact) mass is 159 g/mol. The molecule has 0 spiro atoms. The summed E-state index contributed by atoms with van der Waals surface area (Å²) < 4.78 is 0. The standard InChI is InChI=1S/C6H13N3S/c1-4-7-6(10)9-8-5(2)3/h4H2,1-3H3,(H2,7,9,10). The second-order valence-corrected chi connectivity index (χ2v) is 2.44. The Morgan fingerprint density at radius 1 is 1.50 bits per heavy atom. The van der Waals surface area contributed by atoms with Crippen molar-refractivity contribution in [2.75, 3.05) is 6.54 Å². The van der Waals surface area contributed by atoms with Crippen LogP contribution in [0.15, 0.2) is 5.10 Å². The van der Waals surface area contributed by atoms with Crippen LogP contribution in [-0.2, 0) is 0 Å². The summed E-state index contributed by atoms with van der Waals surface area (Å²) in [6.07, 6.45) is 0. The minimum atomic E-state index is 0.573. The Bertz CT molecular complexity index is 138. The first-order chi connectivity index (χ1) is 4.66. The summed E-state index contributed by atoms with van der Waals surface area (Å²) in [5.41, 5.74) is 3.65. The zero-order valence-electron chi connectivity index (χ0n) is 6.56. The molecule has 2 N–H and O–H groups in total. The normalized spacial score (nSPS) is 8.30. The minimum Gasteiger partial charge on any atom is -0.362 e. The highest BCUT2D eigenvalue weighted by Gasteiger charge is 1.86. The highest BCUT2D eigenvalue weighted by molar-refractivity contribution is 7.80. The van der Waals surface area contributed by atoms with Gasteiger partial charge >= 0.3 is 0 Å². The van der Waals surface area contributed by atoms with Crippen molar-refractivity contribution in [3.63, 3.8) is 0 Å². The Balaban J connectivity index is 3.49. The van der Waals surface area contributed by atoms with Crippen LogP contribution in [0.2, 0.25) is 0 Å². The van der Waals surface area contributed by atoms with E-state index in [1.807, 2.05) is 20.8 Å². The molecule has 0 heterocycles. The molecule has 0 saturated carbocycles. The van der Waals surface area contributed by atoms with Crippen molar-refractivity contribution in [1.82, 2.24) is 10.7 Å². The van der Waals surface area contributed by atoms with Gasteiger partial charge in [-0.05, 0) is 33.0 Å². The van der Waals surface area contributed by atoms with E-state index in [1.165, 1.54) is 0 Å². The Morgan fingerprint density at radius 2 is 2.10 bits per heavy atom. The molecule has 58 valence electrons. The van der Waals surface area contributed by atoms with E-state index in [0.717, 1.165) is 12.3 Å². The van der Waals surface area contributed by atoms with E-state index in [4.69, 9.17) is 12.2 Å². The lowest BCUT2D eigenvalue weighted by Crippen LogP contribution is -2.31. The predicted octanol–water partition coefficient (Wildman–Crippen LogP) is 0.866. The van der Waals surface area contributed by atoms with E-state index in [0.29, 0.717) is 5.11 Å². The number of thiocarbonyl (C=S) groups is 1. The smallest absolute Gasteiger partial charge is 0.186 e. The molecule has 0 bridgehead atoms. The van der Waals surface area contributed by atoms with Gasteiger partial charge in [0.1, 0.15) is 0 Å². The fourth-order valence-corrected chi connectivity index (χ4v) is 0.553. The summed E-state index contributed by atoms with van der Waals surface area (Å²) in [7, 11) is 0. The molecule has 0 amide bonds. The van der Waals surface area contributed by atoms with Gasteiger partial charge in [-0.25, -0.2) is 0 Å². The third-order valence-corrected chi connectivity index (χ3v) is 0.954. The van der Waals surface area contributed by atoms with Gasteiger partial charge in [0.2, 0.25) is 0 Å². The lowest BCUT2D eigenvalue weighted by atomic mass is 10.5. The first kappa shape index (κ1) is 9.36. The fourth-order valence-electron chi connectivity index (χ4n) is 0.363. The van der Waals surface area contributed by atoms with Crippen LogP contribution in [0.25, 0.3) is 0 Å². The Labute approximate surface area is 66.9 Å². The Morgan fingerprint density at radius 3 is 2.50 bits per heavy atom. The summed E-state index contributed by atoms with van der Waals surface area (Å²) in [5, 5.41) is 7.39. The van der Waals surface area contributed by atoms with E-state index in [-0.39, 0.29) is 0 Å². The lowest BCUT2D eigenvalue weighted by Gasteiger charge is -2.02. The van der Waals surface area contributed by atoms with E-state index < -0.39 is 0 Å². The lowest BCUT2D eigenvalue weighted by molar-refractivity contribution is 0.900. The molecular weight excluding hydrogens is 146 g/mol. The van der Waals surface area contributed by atoms with E-state index in [9.17, 15) is 0 Å². The Kier molecular flexibility index (Phi) is 4.84. The Hall–Kier alpha value is -0.640. The second-order valence-electron chi connectivity index (χ2n) is 2.03. The van der Waals surface area contributed by atoms with Crippen LogP contribution in [0, 0.1) is 0 Å². The quantitative estimate of drug-likeness (QED) is 0.356. The molecule has 0 aromatic heterocycles. The van der Waals surface area contributed by atoms with Crippen molar-refractivity contribution in [3.05, 3.63) is 0 Å². The number of nitrogens with one attached hydrogen (secondary N) is 2. The zero-order chi connectivity index (χ0) is 7.98. The van der Waals surface area contributed by atoms with Gasteiger partial charge in [0.25, 0.3) is 0 Å².